The summed E-state index contributed by atoms with van der Waals surface area (Å²) in [5, 5.41) is 21.2. The van der Waals surface area contributed by atoms with Crippen LogP contribution in [0.5, 0.6) is 0 Å². The van der Waals surface area contributed by atoms with Gasteiger partial charge in [0, 0.05) is 15.5 Å². The Kier molecular flexibility index (Phi) is 4.05. The maximum atomic E-state index is 8.75. The molecule has 0 unspecified atom stereocenters. The fourth-order valence-electron chi connectivity index (χ4n) is 1.26. The Morgan fingerprint density at radius 3 is 2.89 bits per heavy atom. The number of aromatic nitrogens is 2. The molecule has 0 atom stereocenters. The Bertz CT molecular complexity index is 599. The van der Waals surface area contributed by atoms with Gasteiger partial charge in [0.25, 0.3) is 0 Å². The fraction of sp³-hybridized carbons (Fsp3) is 0.100. The van der Waals surface area contributed by atoms with Gasteiger partial charge in [-0.15, -0.1) is 10.2 Å². The molecule has 0 saturated heterocycles. The highest BCUT2D eigenvalue weighted by Crippen LogP contribution is 2.33. The van der Waals surface area contributed by atoms with Gasteiger partial charge in [0.05, 0.1) is 0 Å². The topological polar surface area (TPSA) is 84.4 Å². The van der Waals surface area contributed by atoms with Crippen LogP contribution in [0.2, 0.25) is 5.02 Å². The molecule has 94 valence electrons. The van der Waals surface area contributed by atoms with Crippen molar-refractivity contribution in [3.05, 3.63) is 33.8 Å². The summed E-state index contributed by atoms with van der Waals surface area (Å²) in [4.78, 5) is 0.772. The van der Waals surface area contributed by atoms with Gasteiger partial charge in [0.1, 0.15) is 5.01 Å². The third kappa shape index (κ3) is 2.92. The zero-order chi connectivity index (χ0) is 13.1. The molecule has 3 N–H and O–H groups in total. The summed E-state index contributed by atoms with van der Waals surface area (Å²) in [7, 11) is 0. The van der Waals surface area contributed by atoms with Gasteiger partial charge in [-0.3, -0.25) is 0 Å². The van der Waals surface area contributed by atoms with Crippen LogP contribution in [0.4, 0.5) is 0 Å². The molecule has 0 radical (unpaired) electrons. The normalized spacial score (nSPS) is 11.8. The van der Waals surface area contributed by atoms with E-state index in [4.69, 9.17) is 22.5 Å². The first-order valence-corrected chi connectivity index (χ1v) is 6.86. The molecule has 1 heterocycles. The van der Waals surface area contributed by atoms with E-state index in [1.54, 1.807) is 18.2 Å². The highest BCUT2D eigenvalue weighted by molar-refractivity contribution is 8.01. The molecule has 2 rings (SSSR count). The maximum absolute atomic E-state index is 8.75. The first-order valence-electron chi connectivity index (χ1n) is 4.85. The molecule has 0 saturated carbocycles. The van der Waals surface area contributed by atoms with E-state index in [1.807, 2.05) is 6.92 Å². The number of halogens is 1. The zero-order valence-electron chi connectivity index (χ0n) is 9.29. The minimum Gasteiger partial charge on any atom is -0.409 e. The van der Waals surface area contributed by atoms with Gasteiger partial charge in [-0.25, -0.2) is 0 Å². The summed E-state index contributed by atoms with van der Waals surface area (Å²) in [6, 6.07) is 5.13. The van der Waals surface area contributed by atoms with Crippen molar-refractivity contribution in [3.8, 4) is 0 Å². The number of nitrogens with two attached hydrogens (primary N) is 1. The van der Waals surface area contributed by atoms with E-state index in [-0.39, 0.29) is 5.84 Å². The Morgan fingerprint density at radius 1 is 1.50 bits per heavy atom. The van der Waals surface area contributed by atoms with E-state index >= 15 is 0 Å². The molecule has 0 aliphatic rings. The Hall–Kier alpha value is -1.31. The molecule has 0 amide bonds. The van der Waals surface area contributed by atoms with E-state index in [0.29, 0.717) is 10.6 Å². The molecule has 0 spiro atoms. The number of nitrogens with zero attached hydrogens (tertiary/aromatic N) is 3. The van der Waals surface area contributed by atoms with Crippen molar-refractivity contribution in [3.63, 3.8) is 0 Å². The average Bonchev–Trinajstić information content (AvgIpc) is 2.74. The SMILES string of the molecule is Cc1nnc(Sc2cc(Cl)ccc2C(N)=NO)s1. The molecule has 2 aromatic rings. The Labute approximate surface area is 117 Å². The van der Waals surface area contributed by atoms with Gasteiger partial charge in [0.15, 0.2) is 10.2 Å². The highest BCUT2D eigenvalue weighted by atomic mass is 35.5. The summed E-state index contributed by atoms with van der Waals surface area (Å²) in [5.41, 5.74) is 6.23. The van der Waals surface area contributed by atoms with Gasteiger partial charge in [-0.1, -0.05) is 39.9 Å². The molecule has 0 aliphatic carbocycles. The van der Waals surface area contributed by atoms with Crippen molar-refractivity contribution in [2.75, 3.05) is 0 Å². The Balaban J connectivity index is 2.39. The fourth-order valence-corrected chi connectivity index (χ4v) is 3.45. The van der Waals surface area contributed by atoms with Crippen LogP contribution < -0.4 is 5.73 Å². The van der Waals surface area contributed by atoms with Gasteiger partial charge in [0.2, 0.25) is 0 Å². The van der Waals surface area contributed by atoms with E-state index < -0.39 is 0 Å². The molecule has 0 aliphatic heterocycles. The second-order valence-corrected chi connectivity index (χ2v) is 6.22. The average molecular weight is 301 g/mol. The second kappa shape index (κ2) is 5.55. The first kappa shape index (κ1) is 13.1. The second-order valence-electron chi connectivity index (χ2n) is 3.31. The van der Waals surface area contributed by atoms with Crippen LogP contribution in [0.1, 0.15) is 10.6 Å². The minimum absolute atomic E-state index is 0.0374. The largest absolute Gasteiger partial charge is 0.409 e. The number of aryl methyl sites for hydroxylation is 1. The molecular formula is C10H9ClN4OS2. The molecule has 8 heteroatoms. The summed E-state index contributed by atoms with van der Waals surface area (Å²) >= 11 is 8.80. The lowest BCUT2D eigenvalue weighted by atomic mass is 10.2. The van der Waals surface area contributed by atoms with Crippen LogP contribution in [0.25, 0.3) is 0 Å². The van der Waals surface area contributed by atoms with Crippen LogP contribution in [0.15, 0.2) is 32.6 Å². The van der Waals surface area contributed by atoms with Crippen LogP contribution in [-0.2, 0) is 0 Å². The molecule has 18 heavy (non-hydrogen) atoms. The van der Waals surface area contributed by atoms with Crippen LogP contribution >= 0.6 is 34.7 Å². The predicted octanol–water partition coefficient (Wildman–Crippen LogP) is 2.75. The van der Waals surface area contributed by atoms with Crippen LogP contribution in [0.3, 0.4) is 0 Å². The number of amidine groups is 1. The summed E-state index contributed by atoms with van der Waals surface area (Å²) in [6.07, 6.45) is 0. The zero-order valence-corrected chi connectivity index (χ0v) is 11.7. The van der Waals surface area contributed by atoms with Crippen molar-refractivity contribution in [1.29, 1.82) is 0 Å². The summed E-state index contributed by atoms with van der Waals surface area (Å²) < 4.78 is 0.779. The van der Waals surface area contributed by atoms with Gasteiger partial charge in [-0.2, -0.15) is 0 Å². The lowest BCUT2D eigenvalue weighted by molar-refractivity contribution is 0.318. The minimum atomic E-state index is 0.0374. The van der Waals surface area contributed by atoms with Gasteiger partial charge in [-0.05, 0) is 25.1 Å². The van der Waals surface area contributed by atoms with Crippen molar-refractivity contribution in [2.45, 2.75) is 16.2 Å². The lowest BCUT2D eigenvalue weighted by Crippen LogP contribution is -2.14. The predicted molar refractivity (Wildman–Crippen MR) is 72.7 cm³/mol. The number of rotatable bonds is 3. The molecule has 1 aromatic carbocycles. The monoisotopic (exact) mass is 300 g/mol. The standard InChI is InChI=1S/C10H9ClN4OS2/c1-5-13-14-10(17-5)18-8-4-6(11)2-3-7(8)9(12)15-16/h2-4,16H,1H3,(H2,12,15). The molecule has 0 bridgehead atoms. The molecule has 5 nitrogen and oxygen atoms in total. The molecular weight excluding hydrogens is 292 g/mol. The van der Waals surface area contributed by atoms with E-state index in [1.165, 1.54) is 23.1 Å². The number of hydrogen-bond donors (Lipinski definition) is 2. The van der Waals surface area contributed by atoms with Crippen molar-refractivity contribution in [2.24, 2.45) is 10.9 Å². The summed E-state index contributed by atoms with van der Waals surface area (Å²) in [5.74, 6) is 0.0374. The third-order valence-corrected chi connectivity index (χ3v) is 4.21. The van der Waals surface area contributed by atoms with Gasteiger partial charge < -0.3 is 10.9 Å². The van der Waals surface area contributed by atoms with Crippen LogP contribution in [-0.4, -0.2) is 21.2 Å². The quantitative estimate of drug-likeness (QED) is 0.394. The number of oxime groups is 1. The molecule has 1 aromatic heterocycles. The van der Waals surface area contributed by atoms with Crippen molar-refractivity contribution in [1.82, 2.24) is 10.2 Å². The third-order valence-electron chi connectivity index (χ3n) is 2.03. The van der Waals surface area contributed by atoms with Crippen molar-refractivity contribution < 1.29 is 5.21 Å². The first-order chi connectivity index (χ1) is 8.60. The maximum Gasteiger partial charge on any atom is 0.179 e. The van der Waals surface area contributed by atoms with E-state index in [0.717, 1.165) is 14.2 Å². The number of hydrogen-bond acceptors (Lipinski definition) is 6. The van der Waals surface area contributed by atoms with Gasteiger partial charge >= 0.3 is 0 Å². The van der Waals surface area contributed by atoms with E-state index in [2.05, 4.69) is 15.4 Å². The lowest BCUT2D eigenvalue weighted by Gasteiger charge is -2.06. The number of benzene rings is 1. The van der Waals surface area contributed by atoms with Crippen LogP contribution in [0, 0.1) is 6.92 Å². The smallest absolute Gasteiger partial charge is 0.179 e. The highest BCUT2D eigenvalue weighted by Gasteiger charge is 2.11. The van der Waals surface area contributed by atoms with E-state index in [9.17, 15) is 0 Å². The van der Waals surface area contributed by atoms with Crippen molar-refractivity contribution >= 4 is 40.5 Å². The molecule has 0 fully saturated rings. The summed E-state index contributed by atoms with van der Waals surface area (Å²) in [6.45, 7) is 1.88. The Morgan fingerprint density at radius 2 is 2.28 bits per heavy atom.